The standard InChI is InChI=1S/C26H26O2S/c27-13-5-7-19-15-21-9-1-3-11-23(21)25(17-19)29-26-18-20(8-6-14-28)16-22-10-2-4-12-24(22)26/h1-4,9-12,15-18,27-28H,5-8,13-14H2. The van der Waals surface area contributed by atoms with Gasteiger partial charge in [-0.1, -0.05) is 72.4 Å². The fourth-order valence-electron chi connectivity index (χ4n) is 3.81. The molecule has 4 rings (SSSR count). The predicted octanol–water partition coefficient (Wildman–Crippen LogP) is 5.99. The monoisotopic (exact) mass is 402 g/mol. The first-order valence-electron chi connectivity index (χ1n) is 10.2. The number of rotatable bonds is 8. The zero-order chi connectivity index (χ0) is 20.1. The van der Waals surface area contributed by atoms with E-state index in [0.29, 0.717) is 0 Å². The van der Waals surface area contributed by atoms with Crippen LogP contribution in [0.3, 0.4) is 0 Å². The van der Waals surface area contributed by atoms with Gasteiger partial charge in [-0.2, -0.15) is 0 Å². The summed E-state index contributed by atoms with van der Waals surface area (Å²) in [6.45, 7) is 0.430. The second-order valence-corrected chi connectivity index (χ2v) is 8.47. The van der Waals surface area contributed by atoms with E-state index in [1.807, 2.05) is 11.8 Å². The molecule has 148 valence electrons. The van der Waals surface area contributed by atoms with Crippen LogP contribution in [0.15, 0.2) is 82.6 Å². The molecule has 0 unspecified atom stereocenters. The first-order valence-corrected chi connectivity index (χ1v) is 11.0. The minimum absolute atomic E-state index is 0.215. The lowest BCUT2D eigenvalue weighted by Crippen LogP contribution is -1.93. The van der Waals surface area contributed by atoms with E-state index >= 15 is 0 Å². The average molecular weight is 403 g/mol. The molecule has 0 atom stereocenters. The molecule has 4 aromatic carbocycles. The van der Waals surface area contributed by atoms with E-state index in [1.165, 1.54) is 42.5 Å². The Bertz CT molecular complexity index is 1030. The summed E-state index contributed by atoms with van der Waals surface area (Å²) >= 11 is 1.82. The maximum absolute atomic E-state index is 9.24. The Morgan fingerprint density at radius 3 is 1.48 bits per heavy atom. The summed E-state index contributed by atoms with van der Waals surface area (Å²) in [5.74, 6) is 0. The Morgan fingerprint density at radius 2 is 1.03 bits per heavy atom. The first-order chi connectivity index (χ1) is 14.3. The molecule has 2 N–H and O–H groups in total. The zero-order valence-electron chi connectivity index (χ0n) is 16.5. The van der Waals surface area contributed by atoms with Crippen LogP contribution in [0.5, 0.6) is 0 Å². The van der Waals surface area contributed by atoms with Gasteiger partial charge in [-0.05, 0) is 70.5 Å². The van der Waals surface area contributed by atoms with Crippen molar-refractivity contribution in [3.05, 3.63) is 83.9 Å². The summed E-state index contributed by atoms with van der Waals surface area (Å²) in [5, 5.41) is 23.5. The predicted molar refractivity (Wildman–Crippen MR) is 123 cm³/mol. The van der Waals surface area contributed by atoms with Crippen molar-refractivity contribution in [2.45, 2.75) is 35.5 Å². The topological polar surface area (TPSA) is 40.5 Å². The van der Waals surface area contributed by atoms with Crippen LogP contribution in [0, 0.1) is 0 Å². The molecule has 0 bridgehead atoms. The molecule has 0 fully saturated rings. The van der Waals surface area contributed by atoms with E-state index in [1.54, 1.807) is 0 Å². The molecule has 0 aliphatic carbocycles. The van der Waals surface area contributed by atoms with E-state index in [-0.39, 0.29) is 13.2 Å². The lowest BCUT2D eigenvalue weighted by Gasteiger charge is -2.13. The third-order valence-electron chi connectivity index (χ3n) is 5.23. The highest BCUT2D eigenvalue weighted by Crippen LogP contribution is 2.39. The number of benzene rings is 4. The van der Waals surface area contributed by atoms with Crippen LogP contribution in [0.1, 0.15) is 24.0 Å². The van der Waals surface area contributed by atoms with Crippen molar-refractivity contribution in [1.29, 1.82) is 0 Å². The Labute approximate surface area is 176 Å². The van der Waals surface area contributed by atoms with Crippen LogP contribution >= 0.6 is 11.8 Å². The fraction of sp³-hybridized carbons (Fsp3) is 0.231. The summed E-state index contributed by atoms with van der Waals surface area (Å²) in [6.07, 6.45) is 3.32. The highest BCUT2D eigenvalue weighted by molar-refractivity contribution is 7.99. The van der Waals surface area contributed by atoms with Crippen molar-refractivity contribution < 1.29 is 10.2 Å². The van der Waals surface area contributed by atoms with Gasteiger partial charge in [0, 0.05) is 23.0 Å². The maximum Gasteiger partial charge on any atom is 0.0434 e. The Balaban J connectivity index is 1.80. The van der Waals surface area contributed by atoms with Gasteiger partial charge in [0.25, 0.3) is 0 Å². The summed E-state index contributed by atoms with van der Waals surface area (Å²) in [4.78, 5) is 2.50. The highest BCUT2D eigenvalue weighted by Gasteiger charge is 2.10. The van der Waals surface area contributed by atoms with E-state index in [4.69, 9.17) is 0 Å². The molecule has 0 spiro atoms. The molecule has 4 aromatic rings. The lowest BCUT2D eigenvalue weighted by atomic mass is 10.0. The van der Waals surface area contributed by atoms with Gasteiger partial charge in [0.05, 0.1) is 0 Å². The van der Waals surface area contributed by atoms with Gasteiger partial charge in [0.2, 0.25) is 0 Å². The lowest BCUT2D eigenvalue weighted by molar-refractivity contribution is 0.288. The van der Waals surface area contributed by atoms with Crippen molar-refractivity contribution >= 4 is 33.3 Å². The van der Waals surface area contributed by atoms with Gasteiger partial charge in [0.1, 0.15) is 0 Å². The van der Waals surface area contributed by atoms with Crippen LogP contribution in [0.2, 0.25) is 0 Å². The minimum atomic E-state index is 0.215. The fourth-order valence-corrected chi connectivity index (χ4v) is 5.06. The average Bonchev–Trinajstić information content (AvgIpc) is 2.76. The van der Waals surface area contributed by atoms with Gasteiger partial charge in [-0.15, -0.1) is 0 Å². The van der Waals surface area contributed by atoms with Crippen molar-refractivity contribution in [2.75, 3.05) is 13.2 Å². The van der Waals surface area contributed by atoms with Crippen LogP contribution < -0.4 is 0 Å². The van der Waals surface area contributed by atoms with Gasteiger partial charge >= 0.3 is 0 Å². The number of aliphatic hydroxyl groups excluding tert-OH is 2. The summed E-state index contributed by atoms with van der Waals surface area (Å²) < 4.78 is 0. The van der Waals surface area contributed by atoms with E-state index in [9.17, 15) is 10.2 Å². The molecule has 0 aliphatic heterocycles. The van der Waals surface area contributed by atoms with E-state index in [0.717, 1.165) is 25.7 Å². The Hall–Kier alpha value is -2.33. The number of aryl methyl sites for hydroxylation is 2. The van der Waals surface area contributed by atoms with Crippen molar-refractivity contribution in [1.82, 2.24) is 0 Å². The molecular weight excluding hydrogens is 376 g/mol. The van der Waals surface area contributed by atoms with Crippen LogP contribution in [0.25, 0.3) is 21.5 Å². The maximum atomic E-state index is 9.24. The number of hydrogen-bond acceptors (Lipinski definition) is 3. The largest absolute Gasteiger partial charge is 0.396 e. The molecule has 3 heteroatoms. The van der Waals surface area contributed by atoms with Crippen LogP contribution in [0.4, 0.5) is 0 Å². The Morgan fingerprint density at radius 1 is 0.586 bits per heavy atom. The second kappa shape index (κ2) is 9.45. The Kier molecular flexibility index (Phi) is 6.50. The van der Waals surface area contributed by atoms with Gasteiger partial charge in [-0.25, -0.2) is 0 Å². The highest BCUT2D eigenvalue weighted by atomic mass is 32.2. The summed E-state index contributed by atoms with van der Waals surface area (Å²) in [6, 6.07) is 26.1. The van der Waals surface area contributed by atoms with E-state index in [2.05, 4.69) is 72.8 Å². The minimum Gasteiger partial charge on any atom is -0.396 e. The third kappa shape index (κ3) is 4.64. The molecule has 2 nitrogen and oxygen atoms in total. The number of hydrogen-bond donors (Lipinski definition) is 2. The molecule has 0 aliphatic rings. The molecule has 0 amide bonds. The molecule has 0 radical (unpaired) electrons. The van der Waals surface area contributed by atoms with Gasteiger partial charge in [-0.3, -0.25) is 0 Å². The first kappa shape index (κ1) is 20.0. The van der Waals surface area contributed by atoms with Gasteiger partial charge < -0.3 is 10.2 Å². The number of fused-ring (bicyclic) bond motifs is 2. The molecule has 0 aromatic heterocycles. The molecule has 29 heavy (non-hydrogen) atoms. The SMILES string of the molecule is OCCCc1cc(Sc2cc(CCCO)cc3ccccc23)c2ccccc2c1. The van der Waals surface area contributed by atoms with Gasteiger partial charge in [0.15, 0.2) is 0 Å². The van der Waals surface area contributed by atoms with Crippen LogP contribution in [-0.2, 0) is 12.8 Å². The summed E-state index contributed by atoms with van der Waals surface area (Å²) in [5.41, 5.74) is 2.53. The molecule has 0 saturated heterocycles. The molecule has 0 heterocycles. The zero-order valence-corrected chi connectivity index (χ0v) is 17.3. The quantitative estimate of drug-likeness (QED) is 0.380. The number of aliphatic hydroxyl groups is 2. The third-order valence-corrected chi connectivity index (χ3v) is 6.35. The molecule has 0 saturated carbocycles. The smallest absolute Gasteiger partial charge is 0.0434 e. The van der Waals surface area contributed by atoms with Crippen molar-refractivity contribution in [3.63, 3.8) is 0 Å². The summed E-state index contributed by atoms with van der Waals surface area (Å²) in [7, 11) is 0. The van der Waals surface area contributed by atoms with E-state index < -0.39 is 0 Å². The second-order valence-electron chi connectivity index (χ2n) is 7.39. The van der Waals surface area contributed by atoms with Crippen molar-refractivity contribution in [3.8, 4) is 0 Å². The molecular formula is C26H26O2S. The van der Waals surface area contributed by atoms with Crippen molar-refractivity contribution in [2.24, 2.45) is 0 Å². The van der Waals surface area contributed by atoms with Crippen LogP contribution in [-0.4, -0.2) is 23.4 Å². The normalized spacial score (nSPS) is 11.4.